The largest absolute Gasteiger partial charge is 0.480 e. The molecular weight excluding hydrogens is 322 g/mol. The maximum atomic E-state index is 12.2. The molecule has 0 unspecified atom stereocenters. The normalized spacial score (nSPS) is 13.0. The second-order valence-corrected chi connectivity index (χ2v) is 5.85. The van der Waals surface area contributed by atoms with Gasteiger partial charge in [-0.05, 0) is 12.0 Å². The lowest BCUT2D eigenvalue weighted by Gasteiger charge is -2.20. The minimum absolute atomic E-state index is 0.221. The van der Waals surface area contributed by atoms with E-state index in [9.17, 15) is 19.5 Å². The van der Waals surface area contributed by atoms with Crippen molar-refractivity contribution in [3.8, 4) is 11.3 Å². The van der Waals surface area contributed by atoms with Crippen molar-refractivity contribution in [2.75, 3.05) is 0 Å². The number of carbonyl (C=O) groups is 2. The summed E-state index contributed by atoms with van der Waals surface area (Å²) >= 11 is 0. The summed E-state index contributed by atoms with van der Waals surface area (Å²) in [7, 11) is 0. The van der Waals surface area contributed by atoms with Gasteiger partial charge in [0.05, 0.1) is 5.69 Å². The van der Waals surface area contributed by atoms with Crippen molar-refractivity contribution in [3.63, 3.8) is 0 Å². The highest BCUT2D eigenvalue weighted by molar-refractivity contribution is 5.83. The van der Waals surface area contributed by atoms with Crippen molar-refractivity contribution in [2.24, 2.45) is 5.92 Å². The molecule has 2 rings (SSSR count). The molecule has 2 atom stereocenters. The van der Waals surface area contributed by atoms with E-state index < -0.39 is 23.5 Å². The quantitative estimate of drug-likeness (QED) is 0.794. The van der Waals surface area contributed by atoms with Crippen LogP contribution in [0.25, 0.3) is 11.3 Å². The van der Waals surface area contributed by atoms with Crippen LogP contribution in [0.4, 0.5) is 0 Å². The summed E-state index contributed by atoms with van der Waals surface area (Å²) in [5, 5.41) is 15.9. The van der Waals surface area contributed by atoms with Crippen LogP contribution in [0.15, 0.2) is 47.3 Å². The Morgan fingerprint density at radius 1 is 1.20 bits per heavy atom. The zero-order chi connectivity index (χ0) is 18.4. The van der Waals surface area contributed by atoms with E-state index in [0.29, 0.717) is 12.1 Å². The van der Waals surface area contributed by atoms with E-state index in [0.717, 1.165) is 10.2 Å². The number of amides is 1. The first-order chi connectivity index (χ1) is 11.9. The molecule has 132 valence electrons. The van der Waals surface area contributed by atoms with E-state index >= 15 is 0 Å². The highest BCUT2D eigenvalue weighted by atomic mass is 16.4. The molecule has 0 bridgehead atoms. The Morgan fingerprint density at radius 3 is 2.48 bits per heavy atom. The van der Waals surface area contributed by atoms with Crippen LogP contribution in [-0.4, -0.2) is 32.8 Å². The number of rotatable bonds is 7. The van der Waals surface area contributed by atoms with E-state index in [1.165, 1.54) is 6.07 Å². The van der Waals surface area contributed by atoms with Gasteiger partial charge in [0.15, 0.2) is 0 Å². The number of hydrogen-bond acceptors (Lipinski definition) is 4. The average molecular weight is 343 g/mol. The molecule has 0 aliphatic rings. The van der Waals surface area contributed by atoms with E-state index in [-0.39, 0.29) is 12.5 Å². The number of benzene rings is 1. The van der Waals surface area contributed by atoms with Gasteiger partial charge in [-0.25, -0.2) is 9.48 Å². The molecule has 0 fully saturated rings. The molecule has 1 aromatic heterocycles. The number of nitrogens with one attached hydrogen (secondary N) is 1. The van der Waals surface area contributed by atoms with Crippen LogP contribution in [0.1, 0.15) is 20.3 Å². The number of hydrogen-bond donors (Lipinski definition) is 2. The monoisotopic (exact) mass is 343 g/mol. The Bertz CT molecular complexity index is 801. The molecule has 1 aromatic carbocycles. The molecule has 7 heteroatoms. The fraction of sp³-hybridized carbons (Fsp3) is 0.333. The molecule has 0 spiro atoms. The van der Waals surface area contributed by atoms with Gasteiger partial charge in [-0.15, -0.1) is 0 Å². The smallest absolute Gasteiger partial charge is 0.326 e. The third-order valence-electron chi connectivity index (χ3n) is 4.03. The first kappa shape index (κ1) is 18.4. The van der Waals surface area contributed by atoms with Gasteiger partial charge in [-0.1, -0.05) is 50.6 Å². The lowest BCUT2D eigenvalue weighted by Crippen LogP contribution is -2.47. The molecule has 2 N–H and O–H groups in total. The zero-order valence-electron chi connectivity index (χ0n) is 14.2. The fourth-order valence-corrected chi connectivity index (χ4v) is 2.36. The molecule has 0 saturated carbocycles. The van der Waals surface area contributed by atoms with Crippen LogP contribution in [0.5, 0.6) is 0 Å². The Labute approximate surface area is 145 Å². The first-order valence-corrected chi connectivity index (χ1v) is 8.08. The van der Waals surface area contributed by atoms with Crippen LogP contribution in [-0.2, 0) is 16.1 Å². The summed E-state index contributed by atoms with van der Waals surface area (Å²) < 4.78 is 1.03. The van der Waals surface area contributed by atoms with Crippen molar-refractivity contribution in [2.45, 2.75) is 32.9 Å². The first-order valence-electron chi connectivity index (χ1n) is 8.08. The minimum atomic E-state index is -1.10. The van der Waals surface area contributed by atoms with Gasteiger partial charge in [-0.3, -0.25) is 9.59 Å². The van der Waals surface area contributed by atoms with Gasteiger partial charge in [0.1, 0.15) is 12.6 Å². The lowest BCUT2D eigenvalue weighted by atomic mass is 9.99. The van der Waals surface area contributed by atoms with E-state index in [2.05, 4.69) is 10.4 Å². The SMILES string of the molecule is CC[C@@H](C)[C@@H](NC(=O)Cn1nc(-c2ccccc2)ccc1=O)C(=O)O. The Kier molecular flexibility index (Phi) is 6.05. The standard InChI is InChI=1S/C18H21N3O4/c1-3-12(2)17(18(24)25)19-15(22)11-21-16(23)10-9-14(20-21)13-7-5-4-6-8-13/h4-10,12,17H,3,11H2,1-2H3,(H,19,22)(H,24,25)/t12-,17-/m1/s1. The number of carboxylic acids is 1. The highest BCUT2D eigenvalue weighted by Gasteiger charge is 2.25. The predicted octanol–water partition coefficient (Wildman–Crippen LogP) is 1.53. The van der Waals surface area contributed by atoms with Crippen LogP contribution in [0, 0.1) is 5.92 Å². The number of nitrogens with zero attached hydrogens (tertiary/aromatic N) is 2. The second kappa shape index (κ2) is 8.23. The van der Waals surface area contributed by atoms with E-state index in [1.54, 1.807) is 13.0 Å². The van der Waals surface area contributed by atoms with Gasteiger partial charge in [0.25, 0.3) is 5.56 Å². The topological polar surface area (TPSA) is 101 Å². The van der Waals surface area contributed by atoms with Gasteiger partial charge in [0.2, 0.25) is 5.91 Å². The maximum absolute atomic E-state index is 12.2. The van der Waals surface area contributed by atoms with E-state index in [1.807, 2.05) is 37.3 Å². The predicted molar refractivity (Wildman–Crippen MR) is 93.0 cm³/mol. The van der Waals surface area contributed by atoms with Crippen molar-refractivity contribution < 1.29 is 14.7 Å². The zero-order valence-corrected chi connectivity index (χ0v) is 14.2. The molecule has 7 nitrogen and oxygen atoms in total. The summed E-state index contributed by atoms with van der Waals surface area (Å²) in [6.07, 6.45) is 0.610. The maximum Gasteiger partial charge on any atom is 0.326 e. The summed E-state index contributed by atoms with van der Waals surface area (Å²) in [6, 6.07) is 11.2. The minimum Gasteiger partial charge on any atom is -0.480 e. The fourth-order valence-electron chi connectivity index (χ4n) is 2.36. The summed E-state index contributed by atoms with van der Waals surface area (Å²) in [4.78, 5) is 35.4. The van der Waals surface area contributed by atoms with Crippen molar-refractivity contribution in [1.29, 1.82) is 0 Å². The van der Waals surface area contributed by atoms with Gasteiger partial charge >= 0.3 is 5.97 Å². The van der Waals surface area contributed by atoms with Gasteiger partial charge in [0, 0.05) is 11.6 Å². The van der Waals surface area contributed by atoms with Crippen molar-refractivity contribution >= 4 is 11.9 Å². The molecular formula is C18H21N3O4. The molecule has 0 aliphatic heterocycles. The number of aliphatic carboxylic acids is 1. The van der Waals surface area contributed by atoms with Crippen LogP contribution in [0.3, 0.4) is 0 Å². The summed E-state index contributed by atoms with van der Waals surface area (Å²) in [5.41, 5.74) is 0.953. The number of carboxylic acid groups (broad SMARTS) is 1. The summed E-state index contributed by atoms with van der Waals surface area (Å²) in [6.45, 7) is 3.27. The molecule has 0 saturated heterocycles. The molecule has 1 heterocycles. The molecule has 2 aromatic rings. The van der Waals surface area contributed by atoms with Crippen molar-refractivity contribution in [3.05, 3.63) is 52.8 Å². The Morgan fingerprint density at radius 2 is 1.88 bits per heavy atom. The van der Waals surface area contributed by atoms with Gasteiger partial charge < -0.3 is 10.4 Å². The van der Waals surface area contributed by atoms with Crippen LogP contribution < -0.4 is 10.9 Å². The van der Waals surface area contributed by atoms with Crippen LogP contribution >= 0.6 is 0 Å². The van der Waals surface area contributed by atoms with E-state index in [4.69, 9.17) is 0 Å². The molecule has 25 heavy (non-hydrogen) atoms. The molecule has 1 amide bonds. The third-order valence-corrected chi connectivity index (χ3v) is 4.03. The molecule has 0 radical (unpaired) electrons. The molecule has 0 aliphatic carbocycles. The van der Waals surface area contributed by atoms with Crippen molar-refractivity contribution in [1.82, 2.24) is 15.1 Å². The second-order valence-electron chi connectivity index (χ2n) is 5.85. The Hall–Kier alpha value is -2.96. The highest BCUT2D eigenvalue weighted by Crippen LogP contribution is 2.14. The summed E-state index contributed by atoms with van der Waals surface area (Å²) in [5.74, 6) is -1.88. The number of carbonyl (C=O) groups excluding carboxylic acids is 1. The van der Waals surface area contributed by atoms with Crippen LogP contribution in [0.2, 0.25) is 0 Å². The van der Waals surface area contributed by atoms with Gasteiger partial charge in [-0.2, -0.15) is 5.10 Å². The Balaban J connectivity index is 2.18. The number of aromatic nitrogens is 2. The lowest BCUT2D eigenvalue weighted by molar-refractivity contribution is -0.143. The third kappa shape index (κ3) is 4.76. The average Bonchev–Trinajstić information content (AvgIpc) is 2.61.